The van der Waals surface area contributed by atoms with Gasteiger partial charge in [-0.05, 0) is 57.4 Å². The lowest BCUT2D eigenvalue weighted by Gasteiger charge is -2.33. The monoisotopic (exact) mass is 364 g/mol. The zero-order chi connectivity index (χ0) is 17.1. The van der Waals surface area contributed by atoms with E-state index in [0.29, 0.717) is 16.8 Å². The van der Waals surface area contributed by atoms with Crippen LogP contribution in [0, 0.1) is 6.92 Å². The van der Waals surface area contributed by atoms with Gasteiger partial charge in [0.2, 0.25) is 5.91 Å². The molecule has 2 aromatic rings. The number of likely N-dealkylation sites (tertiary alicyclic amines) is 1. The SMILES string of the molecule is Cc1nnc(SCC(=O)N2CCCC[C@@H]2C)n1-c1ccc(Cl)cc1. The van der Waals surface area contributed by atoms with E-state index in [9.17, 15) is 4.79 Å². The van der Waals surface area contributed by atoms with Gasteiger partial charge < -0.3 is 4.90 Å². The Bertz CT molecular complexity index is 716. The van der Waals surface area contributed by atoms with Crippen LogP contribution in [-0.4, -0.2) is 43.9 Å². The highest BCUT2D eigenvalue weighted by Crippen LogP contribution is 2.24. The van der Waals surface area contributed by atoms with Gasteiger partial charge in [-0.1, -0.05) is 23.4 Å². The Morgan fingerprint density at radius 3 is 2.75 bits per heavy atom. The molecule has 0 N–H and O–H groups in total. The third-order valence-corrected chi connectivity index (χ3v) is 5.49. The van der Waals surface area contributed by atoms with Gasteiger partial charge in [0.1, 0.15) is 5.82 Å². The number of rotatable bonds is 4. The Morgan fingerprint density at radius 2 is 2.04 bits per heavy atom. The molecule has 1 saturated heterocycles. The summed E-state index contributed by atoms with van der Waals surface area (Å²) in [7, 11) is 0. The van der Waals surface area contributed by atoms with Crippen molar-refractivity contribution in [3.8, 4) is 5.69 Å². The van der Waals surface area contributed by atoms with Crippen LogP contribution in [0.5, 0.6) is 0 Å². The topological polar surface area (TPSA) is 51.0 Å². The molecule has 0 radical (unpaired) electrons. The van der Waals surface area contributed by atoms with Crippen molar-refractivity contribution < 1.29 is 4.79 Å². The number of halogens is 1. The largest absolute Gasteiger partial charge is 0.339 e. The Balaban J connectivity index is 1.72. The number of hydrogen-bond acceptors (Lipinski definition) is 4. The minimum Gasteiger partial charge on any atom is -0.339 e. The molecule has 1 aromatic carbocycles. The first-order chi connectivity index (χ1) is 11.6. The second-order valence-corrected chi connectivity index (χ2v) is 7.44. The Kier molecular flexibility index (Phi) is 5.46. The molecule has 1 aromatic heterocycles. The Labute approximate surface area is 151 Å². The number of benzene rings is 1. The zero-order valence-corrected chi connectivity index (χ0v) is 15.5. The molecule has 5 nitrogen and oxygen atoms in total. The Morgan fingerprint density at radius 1 is 1.29 bits per heavy atom. The highest BCUT2D eigenvalue weighted by atomic mass is 35.5. The minimum atomic E-state index is 0.176. The van der Waals surface area contributed by atoms with E-state index in [4.69, 9.17) is 11.6 Å². The van der Waals surface area contributed by atoms with Crippen LogP contribution in [-0.2, 0) is 4.79 Å². The van der Waals surface area contributed by atoms with Crippen LogP contribution >= 0.6 is 23.4 Å². The number of carbonyl (C=O) groups is 1. The molecule has 24 heavy (non-hydrogen) atoms. The third-order valence-electron chi connectivity index (χ3n) is 4.33. The molecule has 7 heteroatoms. The molecule has 1 amide bonds. The lowest BCUT2D eigenvalue weighted by atomic mass is 10.0. The van der Waals surface area contributed by atoms with Gasteiger partial charge in [-0.2, -0.15) is 0 Å². The molecular weight excluding hydrogens is 344 g/mol. The fourth-order valence-corrected chi connectivity index (χ4v) is 4.01. The normalized spacial score (nSPS) is 18.0. The summed E-state index contributed by atoms with van der Waals surface area (Å²) in [6.45, 7) is 4.89. The number of piperidine rings is 1. The Hall–Kier alpha value is -1.53. The number of thioether (sulfide) groups is 1. The third kappa shape index (κ3) is 3.75. The van der Waals surface area contributed by atoms with Crippen molar-refractivity contribution in [2.75, 3.05) is 12.3 Å². The first-order valence-corrected chi connectivity index (χ1v) is 9.53. The minimum absolute atomic E-state index is 0.176. The van der Waals surface area contributed by atoms with Gasteiger partial charge in [0, 0.05) is 23.3 Å². The molecule has 1 aliphatic rings. The van der Waals surface area contributed by atoms with E-state index >= 15 is 0 Å². The number of hydrogen-bond donors (Lipinski definition) is 0. The summed E-state index contributed by atoms with van der Waals surface area (Å²) in [6.07, 6.45) is 3.40. The van der Waals surface area contributed by atoms with E-state index < -0.39 is 0 Å². The molecule has 1 aliphatic heterocycles. The van der Waals surface area contributed by atoms with Crippen molar-refractivity contribution in [2.45, 2.75) is 44.3 Å². The van der Waals surface area contributed by atoms with Gasteiger partial charge in [0.05, 0.1) is 5.75 Å². The summed E-state index contributed by atoms with van der Waals surface area (Å²) >= 11 is 7.39. The molecule has 1 atom stereocenters. The molecule has 0 saturated carbocycles. The number of aryl methyl sites for hydroxylation is 1. The number of amides is 1. The van der Waals surface area contributed by atoms with E-state index in [-0.39, 0.29) is 5.91 Å². The lowest BCUT2D eigenvalue weighted by molar-refractivity contribution is -0.131. The highest BCUT2D eigenvalue weighted by molar-refractivity contribution is 7.99. The first-order valence-electron chi connectivity index (χ1n) is 8.16. The van der Waals surface area contributed by atoms with Gasteiger partial charge in [-0.3, -0.25) is 9.36 Å². The summed E-state index contributed by atoms with van der Waals surface area (Å²) in [5.74, 6) is 1.35. The quantitative estimate of drug-likeness (QED) is 0.776. The van der Waals surface area contributed by atoms with Crippen LogP contribution in [0.2, 0.25) is 5.02 Å². The van der Waals surface area contributed by atoms with Crippen molar-refractivity contribution in [3.05, 3.63) is 35.1 Å². The molecule has 1 fully saturated rings. The predicted octanol–water partition coefficient (Wildman–Crippen LogP) is 3.72. The van der Waals surface area contributed by atoms with E-state index in [1.165, 1.54) is 18.2 Å². The molecule has 0 spiro atoms. The van der Waals surface area contributed by atoms with Crippen molar-refractivity contribution in [1.82, 2.24) is 19.7 Å². The van der Waals surface area contributed by atoms with Gasteiger partial charge in [0.25, 0.3) is 0 Å². The molecular formula is C17H21ClN4OS. The average molecular weight is 365 g/mol. The first kappa shape index (κ1) is 17.3. The smallest absolute Gasteiger partial charge is 0.233 e. The van der Waals surface area contributed by atoms with E-state index in [1.54, 1.807) is 0 Å². The second kappa shape index (κ2) is 7.57. The van der Waals surface area contributed by atoms with Gasteiger partial charge in [0.15, 0.2) is 5.16 Å². The summed E-state index contributed by atoms with van der Waals surface area (Å²) in [5, 5.41) is 9.80. The standard InChI is InChI=1S/C17H21ClN4OS/c1-12-5-3-4-10-21(12)16(23)11-24-17-20-19-13(2)22(17)15-8-6-14(18)7-9-15/h6-9,12H,3-5,10-11H2,1-2H3/t12-/m0/s1. The summed E-state index contributed by atoms with van der Waals surface area (Å²) in [6, 6.07) is 7.87. The van der Waals surface area contributed by atoms with Crippen LogP contribution in [0.25, 0.3) is 5.69 Å². The fourth-order valence-electron chi connectivity index (χ4n) is 3.00. The van der Waals surface area contributed by atoms with Gasteiger partial charge in [-0.15, -0.1) is 10.2 Å². The van der Waals surface area contributed by atoms with Crippen molar-refractivity contribution in [1.29, 1.82) is 0 Å². The maximum atomic E-state index is 12.5. The van der Waals surface area contributed by atoms with Crippen LogP contribution in [0.3, 0.4) is 0 Å². The van der Waals surface area contributed by atoms with Crippen LogP contribution < -0.4 is 0 Å². The second-order valence-electron chi connectivity index (χ2n) is 6.06. The van der Waals surface area contributed by atoms with E-state index in [0.717, 1.165) is 36.1 Å². The summed E-state index contributed by atoms with van der Waals surface area (Å²) in [4.78, 5) is 14.5. The van der Waals surface area contributed by atoms with Crippen LogP contribution in [0.1, 0.15) is 32.0 Å². The number of carbonyl (C=O) groups excluding carboxylic acids is 1. The maximum absolute atomic E-state index is 12.5. The molecule has 0 unspecified atom stereocenters. The van der Waals surface area contributed by atoms with Crippen molar-refractivity contribution >= 4 is 29.3 Å². The maximum Gasteiger partial charge on any atom is 0.233 e. The molecule has 2 heterocycles. The van der Waals surface area contributed by atoms with Crippen molar-refractivity contribution in [2.24, 2.45) is 0 Å². The van der Waals surface area contributed by atoms with Crippen LogP contribution in [0.15, 0.2) is 29.4 Å². The predicted molar refractivity (Wildman–Crippen MR) is 96.9 cm³/mol. The molecule has 3 rings (SSSR count). The highest BCUT2D eigenvalue weighted by Gasteiger charge is 2.23. The molecule has 0 bridgehead atoms. The summed E-state index contributed by atoms with van der Waals surface area (Å²) in [5.41, 5.74) is 0.947. The van der Waals surface area contributed by atoms with E-state index in [2.05, 4.69) is 17.1 Å². The molecule has 128 valence electrons. The van der Waals surface area contributed by atoms with Gasteiger partial charge in [-0.25, -0.2) is 0 Å². The zero-order valence-electron chi connectivity index (χ0n) is 13.9. The molecule has 0 aliphatic carbocycles. The number of aromatic nitrogens is 3. The summed E-state index contributed by atoms with van der Waals surface area (Å²) < 4.78 is 1.95. The van der Waals surface area contributed by atoms with E-state index in [1.807, 2.05) is 40.7 Å². The number of nitrogens with zero attached hydrogens (tertiary/aromatic N) is 4. The van der Waals surface area contributed by atoms with Gasteiger partial charge >= 0.3 is 0 Å². The van der Waals surface area contributed by atoms with Crippen LogP contribution in [0.4, 0.5) is 0 Å². The lowest BCUT2D eigenvalue weighted by Crippen LogP contribution is -2.42. The average Bonchev–Trinajstić information content (AvgIpc) is 2.95. The van der Waals surface area contributed by atoms with Crippen molar-refractivity contribution in [3.63, 3.8) is 0 Å². The fraction of sp³-hybridized carbons (Fsp3) is 0.471.